The molecule has 9 heteroatoms. The summed E-state index contributed by atoms with van der Waals surface area (Å²) in [5.41, 5.74) is 3.13. The number of anilines is 1. The van der Waals surface area contributed by atoms with Gasteiger partial charge < -0.3 is 19.4 Å². The number of benzene rings is 1. The van der Waals surface area contributed by atoms with Gasteiger partial charge in [-0.3, -0.25) is 4.79 Å². The monoisotopic (exact) mass is 530 g/mol. The number of carbonyl (C=O) groups excluding carboxylic acids is 2. The van der Waals surface area contributed by atoms with Crippen LogP contribution in [-0.4, -0.2) is 81.4 Å². The Morgan fingerprint density at radius 1 is 0.923 bits per heavy atom. The number of amides is 2. The molecular formula is C30H38N6O3. The number of likely N-dealkylation sites (tertiary alicyclic amines) is 1. The summed E-state index contributed by atoms with van der Waals surface area (Å²) in [4.78, 5) is 36.9. The second kappa shape index (κ2) is 11.1. The van der Waals surface area contributed by atoms with Crippen LogP contribution in [0, 0.1) is 6.92 Å². The van der Waals surface area contributed by atoms with Crippen molar-refractivity contribution in [3.63, 3.8) is 0 Å². The molecule has 0 bridgehead atoms. The fourth-order valence-corrected chi connectivity index (χ4v) is 5.39. The molecule has 0 unspecified atom stereocenters. The van der Waals surface area contributed by atoms with Gasteiger partial charge in [0, 0.05) is 51.4 Å². The van der Waals surface area contributed by atoms with E-state index in [1.807, 2.05) is 60.7 Å². The molecule has 2 amide bonds. The number of carbonyl (C=O) groups is 2. The zero-order valence-corrected chi connectivity index (χ0v) is 23.3. The van der Waals surface area contributed by atoms with Crippen molar-refractivity contribution in [3.05, 3.63) is 71.7 Å². The van der Waals surface area contributed by atoms with E-state index in [9.17, 15) is 9.59 Å². The Labute approximate surface area is 230 Å². The SMILES string of the molecule is Cc1cccc(-n2ncc(C(=O)N3CCN(c4ccccn4)CC3)c2C2CCN(C(=O)OC(C)(C)C)CC2)c1. The molecule has 0 N–H and O–H groups in total. The maximum absolute atomic E-state index is 13.9. The number of hydrogen-bond donors (Lipinski definition) is 0. The van der Waals surface area contributed by atoms with E-state index in [0.29, 0.717) is 31.7 Å². The second-order valence-corrected chi connectivity index (χ2v) is 11.4. The first-order chi connectivity index (χ1) is 18.7. The van der Waals surface area contributed by atoms with Crippen molar-refractivity contribution in [1.82, 2.24) is 24.6 Å². The van der Waals surface area contributed by atoms with Crippen LogP contribution in [0.5, 0.6) is 0 Å². The molecule has 0 aliphatic carbocycles. The van der Waals surface area contributed by atoms with Crippen LogP contribution in [-0.2, 0) is 4.74 Å². The predicted octanol–water partition coefficient (Wildman–Crippen LogP) is 4.65. The van der Waals surface area contributed by atoms with Crippen LogP contribution >= 0.6 is 0 Å². The Hall–Kier alpha value is -3.88. The third kappa shape index (κ3) is 6.08. The highest BCUT2D eigenvalue weighted by molar-refractivity contribution is 5.95. The van der Waals surface area contributed by atoms with Gasteiger partial charge in [0.1, 0.15) is 11.4 Å². The molecule has 0 saturated carbocycles. The van der Waals surface area contributed by atoms with E-state index in [1.54, 1.807) is 17.3 Å². The zero-order valence-electron chi connectivity index (χ0n) is 23.3. The summed E-state index contributed by atoms with van der Waals surface area (Å²) < 4.78 is 7.52. The minimum Gasteiger partial charge on any atom is -0.444 e. The van der Waals surface area contributed by atoms with Gasteiger partial charge in [-0.2, -0.15) is 5.10 Å². The fraction of sp³-hybridized carbons (Fsp3) is 0.467. The van der Waals surface area contributed by atoms with Crippen LogP contribution in [0.4, 0.5) is 10.6 Å². The number of piperidine rings is 1. The summed E-state index contributed by atoms with van der Waals surface area (Å²) in [5.74, 6) is 1.05. The molecule has 0 atom stereocenters. The first-order valence-corrected chi connectivity index (χ1v) is 13.8. The third-order valence-corrected chi connectivity index (χ3v) is 7.36. The van der Waals surface area contributed by atoms with E-state index in [2.05, 4.69) is 28.9 Å². The van der Waals surface area contributed by atoms with Gasteiger partial charge in [0.05, 0.1) is 23.1 Å². The van der Waals surface area contributed by atoms with Gasteiger partial charge in [0.2, 0.25) is 0 Å². The van der Waals surface area contributed by atoms with Crippen LogP contribution in [0.1, 0.15) is 61.1 Å². The zero-order chi connectivity index (χ0) is 27.6. The Bertz CT molecular complexity index is 1300. The summed E-state index contributed by atoms with van der Waals surface area (Å²) >= 11 is 0. The second-order valence-electron chi connectivity index (χ2n) is 11.4. The largest absolute Gasteiger partial charge is 0.444 e. The lowest BCUT2D eigenvalue weighted by molar-refractivity contribution is 0.0203. The number of ether oxygens (including phenoxy) is 1. The highest BCUT2D eigenvalue weighted by atomic mass is 16.6. The molecule has 2 aliphatic rings. The Morgan fingerprint density at radius 2 is 1.67 bits per heavy atom. The number of nitrogens with zero attached hydrogens (tertiary/aromatic N) is 6. The molecule has 0 radical (unpaired) electrons. The number of hydrogen-bond acceptors (Lipinski definition) is 6. The summed E-state index contributed by atoms with van der Waals surface area (Å²) in [5, 5.41) is 4.73. The van der Waals surface area contributed by atoms with Crippen molar-refractivity contribution in [2.75, 3.05) is 44.2 Å². The average Bonchev–Trinajstić information content (AvgIpc) is 3.38. The Morgan fingerprint density at radius 3 is 2.31 bits per heavy atom. The van der Waals surface area contributed by atoms with Crippen LogP contribution in [0.25, 0.3) is 5.69 Å². The summed E-state index contributed by atoms with van der Waals surface area (Å²) in [6.45, 7) is 11.6. The van der Waals surface area contributed by atoms with Crippen molar-refractivity contribution in [1.29, 1.82) is 0 Å². The van der Waals surface area contributed by atoms with E-state index in [-0.39, 0.29) is 17.9 Å². The first-order valence-electron chi connectivity index (χ1n) is 13.8. The lowest BCUT2D eigenvalue weighted by atomic mass is 9.90. The van der Waals surface area contributed by atoms with Crippen LogP contribution in [0.3, 0.4) is 0 Å². The highest BCUT2D eigenvalue weighted by Crippen LogP contribution is 2.33. The van der Waals surface area contributed by atoms with Crippen LogP contribution in [0.2, 0.25) is 0 Å². The van der Waals surface area contributed by atoms with Gasteiger partial charge in [0.25, 0.3) is 5.91 Å². The molecular weight excluding hydrogens is 492 g/mol. The molecule has 5 rings (SSSR count). The quantitative estimate of drug-likeness (QED) is 0.488. The number of pyridine rings is 1. The predicted molar refractivity (Wildman–Crippen MR) is 150 cm³/mol. The molecule has 9 nitrogen and oxygen atoms in total. The van der Waals surface area contributed by atoms with Crippen molar-refractivity contribution in [3.8, 4) is 5.69 Å². The number of aromatic nitrogens is 3. The third-order valence-electron chi connectivity index (χ3n) is 7.36. The van der Waals surface area contributed by atoms with Crippen molar-refractivity contribution >= 4 is 17.8 Å². The maximum atomic E-state index is 13.9. The topological polar surface area (TPSA) is 83.8 Å². The minimum atomic E-state index is -0.530. The number of piperazine rings is 1. The van der Waals surface area contributed by atoms with Gasteiger partial charge in [-0.1, -0.05) is 18.2 Å². The standard InChI is InChI=1S/C30H38N6O3/c1-22-8-7-9-24(20-22)36-27(23-11-14-35(15-12-23)29(38)39-30(2,3)4)25(21-32-36)28(37)34-18-16-33(17-19-34)26-10-5-6-13-31-26/h5-10,13,20-21,23H,11-12,14-19H2,1-4H3. The van der Waals surface area contributed by atoms with Gasteiger partial charge in [-0.25, -0.2) is 14.5 Å². The number of rotatable bonds is 4. The smallest absolute Gasteiger partial charge is 0.410 e. The molecule has 2 aliphatic heterocycles. The fourth-order valence-electron chi connectivity index (χ4n) is 5.39. The van der Waals surface area contributed by atoms with Gasteiger partial charge in [-0.05, 0) is 70.4 Å². The van der Waals surface area contributed by atoms with Gasteiger partial charge in [-0.15, -0.1) is 0 Å². The molecule has 206 valence electrons. The average molecular weight is 531 g/mol. The molecule has 4 heterocycles. The number of aryl methyl sites for hydroxylation is 1. The Balaban J connectivity index is 1.36. The lowest BCUT2D eigenvalue weighted by Crippen LogP contribution is -2.49. The minimum absolute atomic E-state index is 0.0131. The summed E-state index contributed by atoms with van der Waals surface area (Å²) in [6, 6.07) is 14.1. The van der Waals surface area contributed by atoms with E-state index in [0.717, 1.165) is 48.7 Å². The normalized spacial score (nSPS) is 16.9. The van der Waals surface area contributed by atoms with Gasteiger partial charge in [0.15, 0.2) is 0 Å². The van der Waals surface area contributed by atoms with Crippen LogP contribution in [0.15, 0.2) is 54.9 Å². The molecule has 2 fully saturated rings. The molecule has 3 aromatic rings. The van der Waals surface area contributed by atoms with E-state index in [4.69, 9.17) is 9.84 Å². The molecule has 1 aromatic carbocycles. The molecule has 2 saturated heterocycles. The highest BCUT2D eigenvalue weighted by Gasteiger charge is 2.34. The lowest BCUT2D eigenvalue weighted by Gasteiger charge is -2.36. The van der Waals surface area contributed by atoms with E-state index >= 15 is 0 Å². The maximum Gasteiger partial charge on any atom is 0.410 e. The van der Waals surface area contributed by atoms with Crippen molar-refractivity contribution < 1.29 is 14.3 Å². The summed E-state index contributed by atoms with van der Waals surface area (Å²) in [6.07, 6.45) is 4.73. The van der Waals surface area contributed by atoms with E-state index in [1.165, 1.54) is 0 Å². The Kier molecular flexibility index (Phi) is 7.59. The van der Waals surface area contributed by atoms with Crippen LogP contribution < -0.4 is 4.90 Å². The van der Waals surface area contributed by atoms with Crippen molar-refractivity contribution in [2.45, 2.75) is 52.1 Å². The molecule has 0 spiro atoms. The summed E-state index contributed by atoms with van der Waals surface area (Å²) in [7, 11) is 0. The van der Waals surface area contributed by atoms with E-state index < -0.39 is 5.60 Å². The molecule has 39 heavy (non-hydrogen) atoms. The van der Waals surface area contributed by atoms with Gasteiger partial charge >= 0.3 is 6.09 Å². The first kappa shape index (κ1) is 26.7. The van der Waals surface area contributed by atoms with Crippen molar-refractivity contribution in [2.24, 2.45) is 0 Å². The molecule has 2 aromatic heterocycles.